The Morgan fingerprint density at radius 3 is 2.93 bits per heavy atom. The number of hydrogen-bond acceptors (Lipinski definition) is 3. The third-order valence-corrected chi connectivity index (χ3v) is 4.04. The Labute approximate surface area is 93.2 Å². The van der Waals surface area contributed by atoms with Crippen molar-refractivity contribution in [2.24, 2.45) is 11.8 Å². The van der Waals surface area contributed by atoms with Crippen LogP contribution in [0.4, 0.5) is 0 Å². The van der Waals surface area contributed by atoms with Crippen molar-refractivity contribution in [3.63, 3.8) is 0 Å². The van der Waals surface area contributed by atoms with Gasteiger partial charge in [-0.3, -0.25) is 0 Å². The van der Waals surface area contributed by atoms with Crippen molar-refractivity contribution in [3.8, 4) is 0 Å². The highest BCUT2D eigenvalue weighted by atomic mass is 16.5. The summed E-state index contributed by atoms with van der Waals surface area (Å²) in [6, 6.07) is 0.748. The highest BCUT2D eigenvalue weighted by Crippen LogP contribution is 2.31. The minimum absolute atomic E-state index is 0.748. The van der Waals surface area contributed by atoms with Crippen LogP contribution in [-0.2, 0) is 4.74 Å². The topological polar surface area (TPSA) is 24.5 Å². The number of nitrogens with zero attached hydrogens (tertiary/aromatic N) is 1. The molecule has 1 N–H and O–H groups in total. The average Bonchev–Trinajstić information content (AvgIpc) is 2.62. The molecule has 0 amide bonds. The molecule has 2 aliphatic heterocycles. The predicted molar refractivity (Wildman–Crippen MR) is 62.0 cm³/mol. The van der Waals surface area contributed by atoms with E-state index in [1.165, 1.54) is 38.9 Å². The molecule has 0 spiro atoms. The summed E-state index contributed by atoms with van der Waals surface area (Å²) in [4.78, 5) is 2.54. The highest BCUT2D eigenvalue weighted by Gasteiger charge is 2.37. The van der Waals surface area contributed by atoms with Gasteiger partial charge in [0.05, 0.1) is 6.61 Å². The molecule has 3 nitrogen and oxygen atoms in total. The molecule has 2 fully saturated rings. The van der Waals surface area contributed by atoms with E-state index in [-0.39, 0.29) is 0 Å². The molecule has 2 heterocycles. The Morgan fingerprint density at radius 1 is 1.40 bits per heavy atom. The van der Waals surface area contributed by atoms with Crippen molar-refractivity contribution in [3.05, 3.63) is 0 Å². The summed E-state index contributed by atoms with van der Waals surface area (Å²) in [6.07, 6.45) is 4.04. The van der Waals surface area contributed by atoms with E-state index in [4.69, 9.17) is 4.74 Å². The Balaban J connectivity index is 1.96. The van der Waals surface area contributed by atoms with Gasteiger partial charge >= 0.3 is 0 Å². The second-order valence-corrected chi connectivity index (χ2v) is 5.08. The number of hydrogen-bond donors (Lipinski definition) is 1. The van der Waals surface area contributed by atoms with Crippen molar-refractivity contribution in [1.29, 1.82) is 0 Å². The van der Waals surface area contributed by atoms with Gasteiger partial charge in [0.1, 0.15) is 0 Å². The first-order valence-corrected chi connectivity index (χ1v) is 6.23. The summed E-state index contributed by atoms with van der Waals surface area (Å²) in [6.45, 7) is 4.60. The number of rotatable bonds is 3. The van der Waals surface area contributed by atoms with Crippen LogP contribution in [0.3, 0.4) is 0 Å². The molecule has 0 bridgehead atoms. The lowest BCUT2D eigenvalue weighted by Crippen LogP contribution is -2.45. The lowest BCUT2D eigenvalue weighted by Gasteiger charge is -2.35. The first-order chi connectivity index (χ1) is 7.33. The van der Waals surface area contributed by atoms with Gasteiger partial charge < -0.3 is 15.0 Å². The van der Waals surface area contributed by atoms with Crippen LogP contribution < -0.4 is 5.32 Å². The van der Waals surface area contributed by atoms with Crippen LogP contribution in [0.2, 0.25) is 0 Å². The van der Waals surface area contributed by atoms with E-state index in [9.17, 15) is 0 Å². The van der Waals surface area contributed by atoms with Crippen molar-refractivity contribution >= 4 is 0 Å². The van der Waals surface area contributed by atoms with Crippen molar-refractivity contribution in [1.82, 2.24) is 10.2 Å². The van der Waals surface area contributed by atoms with Crippen molar-refractivity contribution in [2.75, 3.05) is 40.4 Å². The van der Waals surface area contributed by atoms with Crippen LogP contribution in [0.1, 0.15) is 19.3 Å². The molecule has 3 heteroatoms. The number of ether oxygens (including phenoxy) is 1. The first kappa shape index (κ1) is 11.4. The number of piperidine rings is 1. The van der Waals surface area contributed by atoms with Crippen LogP contribution in [-0.4, -0.2) is 51.3 Å². The fourth-order valence-electron chi connectivity index (χ4n) is 3.36. The fourth-order valence-corrected chi connectivity index (χ4v) is 3.36. The zero-order chi connectivity index (χ0) is 10.7. The molecular formula is C12H24N2O. The van der Waals surface area contributed by atoms with Gasteiger partial charge in [-0.05, 0) is 57.8 Å². The maximum absolute atomic E-state index is 5.35. The SMILES string of the molecule is COCC1CCN(C)C1C1CCCNC1. The van der Waals surface area contributed by atoms with Crippen LogP contribution in [0, 0.1) is 11.8 Å². The zero-order valence-corrected chi connectivity index (χ0v) is 10.0. The number of likely N-dealkylation sites (tertiary alicyclic amines) is 1. The Morgan fingerprint density at radius 2 is 2.27 bits per heavy atom. The molecule has 0 radical (unpaired) electrons. The third-order valence-electron chi connectivity index (χ3n) is 4.04. The molecule has 3 unspecified atom stereocenters. The first-order valence-electron chi connectivity index (χ1n) is 6.23. The third kappa shape index (κ3) is 2.52. The van der Waals surface area contributed by atoms with E-state index < -0.39 is 0 Å². The lowest BCUT2D eigenvalue weighted by molar-refractivity contribution is 0.0952. The molecule has 15 heavy (non-hydrogen) atoms. The van der Waals surface area contributed by atoms with Gasteiger partial charge in [0.2, 0.25) is 0 Å². The Kier molecular flexibility index (Phi) is 4.00. The van der Waals surface area contributed by atoms with Gasteiger partial charge in [-0.1, -0.05) is 0 Å². The summed E-state index contributed by atoms with van der Waals surface area (Å²) in [5.41, 5.74) is 0. The summed E-state index contributed by atoms with van der Waals surface area (Å²) in [7, 11) is 4.10. The Bertz CT molecular complexity index is 190. The normalized spacial score (nSPS) is 38.4. The second-order valence-electron chi connectivity index (χ2n) is 5.08. The van der Waals surface area contributed by atoms with E-state index in [0.717, 1.165) is 24.5 Å². The fraction of sp³-hybridized carbons (Fsp3) is 1.00. The second kappa shape index (κ2) is 5.28. The summed E-state index contributed by atoms with van der Waals surface area (Å²) in [5, 5.41) is 3.53. The van der Waals surface area contributed by atoms with Crippen molar-refractivity contribution in [2.45, 2.75) is 25.3 Å². The van der Waals surface area contributed by atoms with Crippen LogP contribution in [0.25, 0.3) is 0 Å². The smallest absolute Gasteiger partial charge is 0.0506 e. The van der Waals surface area contributed by atoms with E-state index in [1.807, 2.05) is 7.11 Å². The number of nitrogens with one attached hydrogen (secondary N) is 1. The largest absolute Gasteiger partial charge is 0.384 e. The minimum Gasteiger partial charge on any atom is -0.384 e. The van der Waals surface area contributed by atoms with Crippen LogP contribution in [0.5, 0.6) is 0 Å². The zero-order valence-electron chi connectivity index (χ0n) is 10.0. The van der Waals surface area contributed by atoms with E-state index in [1.54, 1.807) is 0 Å². The Hall–Kier alpha value is -0.120. The molecule has 0 aromatic heterocycles. The molecule has 0 aromatic rings. The van der Waals surface area contributed by atoms with E-state index in [2.05, 4.69) is 17.3 Å². The van der Waals surface area contributed by atoms with Gasteiger partial charge in [0.25, 0.3) is 0 Å². The summed E-state index contributed by atoms with van der Waals surface area (Å²) >= 11 is 0. The molecule has 2 aliphatic rings. The van der Waals surface area contributed by atoms with Gasteiger partial charge in [0, 0.05) is 13.2 Å². The van der Waals surface area contributed by atoms with E-state index >= 15 is 0 Å². The molecule has 88 valence electrons. The quantitative estimate of drug-likeness (QED) is 0.754. The monoisotopic (exact) mass is 212 g/mol. The van der Waals surface area contributed by atoms with Crippen LogP contribution in [0.15, 0.2) is 0 Å². The van der Waals surface area contributed by atoms with Crippen molar-refractivity contribution < 1.29 is 4.74 Å². The molecule has 2 saturated heterocycles. The van der Waals surface area contributed by atoms with Gasteiger partial charge in [-0.2, -0.15) is 0 Å². The lowest BCUT2D eigenvalue weighted by atomic mass is 9.84. The molecule has 0 saturated carbocycles. The molecule has 0 aliphatic carbocycles. The van der Waals surface area contributed by atoms with Gasteiger partial charge in [-0.25, -0.2) is 0 Å². The van der Waals surface area contributed by atoms with Crippen LogP contribution >= 0.6 is 0 Å². The van der Waals surface area contributed by atoms with Gasteiger partial charge in [-0.15, -0.1) is 0 Å². The molecule has 3 atom stereocenters. The number of methoxy groups -OCH3 is 1. The predicted octanol–water partition coefficient (Wildman–Crippen LogP) is 0.953. The molecule has 0 aromatic carbocycles. The molecule has 2 rings (SSSR count). The minimum atomic E-state index is 0.748. The van der Waals surface area contributed by atoms with E-state index in [0.29, 0.717) is 0 Å². The maximum atomic E-state index is 5.35. The molecular weight excluding hydrogens is 188 g/mol. The highest BCUT2D eigenvalue weighted by molar-refractivity contribution is 4.92. The summed E-state index contributed by atoms with van der Waals surface area (Å²) in [5.74, 6) is 1.59. The average molecular weight is 212 g/mol. The maximum Gasteiger partial charge on any atom is 0.0506 e. The summed E-state index contributed by atoms with van der Waals surface area (Å²) < 4.78 is 5.35. The standard InChI is InChI=1S/C12H24N2O/c1-14-7-5-11(9-15-2)12(14)10-4-3-6-13-8-10/h10-13H,3-9H2,1-2H3. The van der Waals surface area contributed by atoms with Gasteiger partial charge in [0.15, 0.2) is 0 Å².